The SMILES string of the molecule is CC(C)(CNCC(N)=O)c1ccncc1. The molecular weight excluding hydrogens is 190 g/mol. The Morgan fingerprint density at radius 2 is 2.07 bits per heavy atom. The maximum Gasteiger partial charge on any atom is 0.231 e. The second-order valence-electron chi connectivity index (χ2n) is 4.19. The molecule has 4 heteroatoms. The average molecular weight is 207 g/mol. The number of hydrogen-bond acceptors (Lipinski definition) is 3. The molecule has 0 saturated heterocycles. The van der Waals surface area contributed by atoms with E-state index >= 15 is 0 Å². The lowest BCUT2D eigenvalue weighted by atomic mass is 9.85. The Morgan fingerprint density at radius 1 is 1.47 bits per heavy atom. The number of primary amides is 1. The molecule has 1 aromatic heterocycles. The third-order valence-electron chi connectivity index (χ3n) is 2.33. The van der Waals surface area contributed by atoms with Crippen LogP contribution < -0.4 is 11.1 Å². The normalized spacial score (nSPS) is 11.3. The van der Waals surface area contributed by atoms with Crippen LogP contribution in [0.2, 0.25) is 0 Å². The molecule has 0 aliphatic heterocycles. The van der Waals surface area contributed by atoms with Crippen LogP contribution in [0.4, 0.5) is 0 Å². The third kappa shape index (κ3) is 3.67. The quantitative estimate of drug-likeness (QED) is 0.736. The van der Waals surface area contributed by atoms with Crippen molar-refractivity contribution in [2.75, 3.05) is 13.1 Å². The summed E-state index contributed by atoms with van der Waals surface area (Å²) >= 11 is 0. The van der Waals surface area contributed by atoms with E-state index in [1.165, 1.54) is 5.56 Å². The summed E-state index contributed by atoms with van der Waals surface area (Å²) < 4.78 is 0. The first-order valence-corrected chi connectivity index (χ1v) is 4.92. The van der Waals surface area contributed by atoms with Crippen molar-refractivity contribution in [3.05, 3.63) is 30.1 Å². The lowest BCUT2D eigenvalue weighted by Crippen LogP contribution is -2.37. The van der Waals surface area contributed by atoms with Crippen molar-refractivity contribution in [1.82, 2.24) is 10.3 Å². The Hall–Kier alpha value is -1.42. The summed E-state index contributed by atoms with van der Waals surface area (Å²) in [6.45, 7) is 5.14. The van der Waals surface area contributed by atoms with E-state index in [0.29, 0.717) is 6.54 Å². The standard InChI is InChI=1S/C11H17N3O/c1-11(2,8-14-7-10(12)15)9-3-5-13-6-4-9/h3-6,14H,7-8H2,1-2H3,(H2,12,15). The van der Waals surface area contributed by atoms with Crippen LogP contribution >= 0.6 is 0 Å². The first-order valence-electron chi connectivity index (χ1n) is 4.92. The highest BCUT2D eigenvalue weighted by Crippen LogP contribution is 2.20. The lowest BCUT2D eigenvalue weighted by molar-refractivity contribution is -0.117. The zero-order valence-corrected chi connectivity index (χ0v) is 9.16. The van der Waals surface area contributed by atoms with Gasteiger partial charge in [-0.2, -0.15) is 0 Å². The van der Waals surface area contributed by atoms with E-state index in [9.17, 15) is 4.79 Å². The van der Waals surface area contributed by atoms with Crippen LogP contribution in [0.25, 0.3) is 0 Å². The molecule has 0 saturated carbocycles. The van der Waals surface area contributed by atoms with Crippen molar-refractivity contribution < 1.29 is 4.79 Å². The van der Waals surface area contributed by atoms with Crippen molar-refractivity contribution in [3.63, 3.8) is 0 Å². The molecule has 0 spiro atoms. The second kappa shape index (κ2) is 4.89. The molecule has 4 nitrogen and oxygen atoms in total. The highest BCUT2D eigenvalue weighted by atomic mass is 16.1. The molecule has 1 heterocycles. The number of carbonyl (C=O) groups is 1. The average Bonchev–Trinajstić information content (AvgIpc) is 2.18. The van der Waals surface area contributed by atoms with Crippen LogP contribution in [0.15, 0.2) is 24.5 Å². The molecule has 0 fully saturated rings. The largest absolute Gasteiger partial charge is 0.369 e. The molecule has 1 aromatic rings. The van der Waals surface area contributed by atoms with Crippen LogP contribution in [-0.2, 0) is 10.2 Å². The number of hydrogen-bond donors (Lipinski definition) is 2. The van der Waals surface area contributed by atoms with Crippen molar-refractivity contribution in [3.8, 4) is 0 Å². The number of aromatic nitrogens is 1. The highest BCUT2D eigenvalue weighted by molar-refractivity contribution is 5.75. The molecule has 3 N–H and O–H groups in total. The molecule has 0 radical (unpaired) electrons. The fourth-order valence-electron chi connectivity index (χ4n) is 1.40. The summed E-state index contributed by atoms with van der Waals surface area (Å²) in [4.78, 5) is 14.5. The summed E-state index contributed by atoms with van der Waals surface area (Å²) in [5.74, 6) is -0.333. The number of rotatable bonds is 5. The van der Waals surface area contributed by atoms with E-state index in [1.807, 2.05) is 12.1 Å². The molecular formula is C11H17N3O. The van der Waals surface area contributed by atoms with Gasteiger partial charge in [0.25, 0.3) is 0 Å². The summed E-state index contributed by atoms with van der Waals surface area (Å²) in [5, 5.41) is 3.03. The molecule has 82 valence electrons. The van der Waals surface area contributed by atoms with E-state index in [1.54, 1.807) is 12.4 Å². The van der Waals surface area contributed by atoms with Crippen molar-refractivity contribution in [1.29, 1.82) is 0 Å². The molecule has 1 rings (SSSR count). The zero-order chi connectivity index (χ0) is 11.3. The number of carbonyl (C=O) groups excluding carboxylic acids is 1. The minimum Gasteiger partial charge on any atom is -0.369 e. The molecule has 0 aromatic carbocycles. The third-order valence-corrected chi connectivity index (χ3v) is 2.33. The van der Waals surface area contributed by atoms with Crippen molar-refractivity contribution in [2.24, 2.45) is 5.73 Å². The van der Waals surface area contributed by atoms with E-state index < -0.39 is 0 Å². The van der Waals surface area contributed by atoms with Crippen molar-refractivity contribution >= 4 is 5.91 Å². The fourth-order valence-corrected chi connectivity index (χ4v) is 1.40. The Labute approximate surface area is 89.9 Å². The van der Waals surface area contributed by atoms with Gasteiger partial charge in [0.05, 0.1) is 6.54 Å². The smallest absolute Gasteiger partial charge is 0.231 e. The van der Waals surface area contributed by atoms with Gasteiger partial charge in [0, 0.05) is 24.4 Å². The fraction of sp³-hybridized carbons (Fsp3) is 0.455. The predicted octanol–water partition coefficient (Wildman–Crippen LogP) is 0.434. The molecule has 15 heavy (non-hydrogen) atoms. The van der Waals surface area contributed by atoms with E-state index in [4.69, 9.17) is 5.73 Å². The van der Waals surface area contributed by atoms with Crippen LogP contribution in [-0.4, -0.2) is 24.0 Å². The van der Waals surface area contributed by atoms with Crippen LogP contribution in [0.3, 0.4) is 0 Å². The number of amides is 1. The second-order valence-corrected chi connectivity index (χ2v) is 4.19. The molecule has 0 aliphatic carbocycles. The van der Waals surface area contributed by atoms with E-state index in [2.05, 4.69) is 24.1 Å². The van der Waals surface area contributed by atoms with Gasteiger partial charge in [-0.25, -0.2) is 0 Å². The van der Waals surface area contributed by atoms with E-state index in [0.717, 1.165) is 0 Å². The maximum atomic E-state index is 10.6. The van der Waals surface area contributed by atoms with Gasteiger partial charge >= 0.3 is 0 Å². The highest BCUT2D eigenvalue weighted by Gasteiger charge is 2.19. The van der Waals surface area contributed by atoms with Crippen LogP contribution in [0.1, 0.15) is 19.4 Å². The first-order chi connectivity index (χ1) is 7.02. The van der Waals surface area contributed by atoms with Crippen LogP contribution in [0.5, 0.6) is 0 Å². The Balaban J connectivity index is 2.56. The molecule has 0 aliphatic rings. The minimum atomic E-state index is -0.333. The Kier molecular flexibility index (Phi) is 3.80. The predicted molar refractivity (Wildman–Crippen MR) is 59.3 cm³/mol. The minimum absolute atomic E-state index is 0.0294. The molecule has 0 bridgehead atoms. The number of pyridine rings is 1. The van der Waals surface area contributed by atoms with Gasteiger partial charge in [-0.1, -0.05) is 13.8 Å². The lowest BCUT2D eigenvalue weighted by Gasteiger charge is -2.25. The van der Waals surface area contributed by atoms with Gasteiger partial charge < -0.3 is 11.1 Å². The summed E-state index contributed by atoms with van der Waals surface area (Å²) in [5.41, 5.74) is 6.21. The van der Waals surface area contributed by atoms with Gasteiger partial charge in [-0.05, 0) is 17.7 Å². The van der Waals surface area contributed by atoms with Crippen LogP contribution in [0, 0.1) is 0 Å². The molecule has 1 amide bonds. The monoisotopic (exact) mass is 207 g/mol. The topological polar surface area (TPSA) is 68.0 Å². The number of nitrogens with zero attached hydrogens (tertiary/aromatic N) is 1. The Bertz CT molecular complexity index is 322. The number of nitrogens with two attached hydrogens (primary N) is 1. The molecule has 0 atom stereocenters. The van der Waals surface area contributed by atoms with Gasteiger partial charge in [-0.3, -0.25) is 9.78 Å². The summed E-state index contributed by atoms with van der Waals surface area (Å²) in [6, 6.07) is 3.96. The number of nitrogens with one attached hydrogen (secondary N) is 1. The summed E-state index contributed by atoms with van der Waals surface area (Å²) in [6.07, 6.45) is 3.54. The first kappa shape index (κ1) is 11.7. The van der Waals surface area contributed by atoms with Gasteiger partial charge in [0.2, 0.25) is 5.91 Å². The van der Waals surface area contributed by atoms with Gasteiger partial charge in [0.1, 0.15) is 0 Å². The summed E-state index contributed by atoms with van der Waals surface area (Å²) in [7, 11) is 0. The maximum absolute atomic E-state index is 10.6. The van der Waals surface area contributed by atoms with Gasteiger partial charge in [-0.15, -0.1) is 0 Å². The van der Waals surface area contributed by atoms with E-state index in [-0.39, 0.29) is 17.9 Å². The Morgan fingerprint density at radius 3 is 2.60 bits per heavy atom. The zero-order valence-electron chi connectivity index (χ0n) is 9.16. The van der Waals surface area contributed by atoms with Gasteiger partial charge in [0.15, 0.2) is 0 Å². The van der Waals surface area contributed by atoms with Crippen molar-refractivity contribution in [2.45, 2.75) is 19.3 Å². The molecule has 0 unspecified atom stereocenters.